The zero-order valence-corrected chi connectivity index (χ0v) is 19.1. The second-order valence-electron chi connectivity index (χ2n) is 8.14. The summed E-state index contributed by atoms with van der Waals surface area (Å²) in [5, 5.41) is 6.14. The third kappa shape index (κ3) is 4.53. The van der Waals surface area contributed by atoms with Gasteiger partial charge < -0.3 is 15.8 Å². The minimum absolute atomic E-state index is 0.0246. The summed E-state index contributed by atoms with van der Waals surface area (Å²) in [5.41, 5.74) is 3.28. The van der Waals surface area contributed by atoms with Crippen molar-refractivity contribution in [1.82, 2.24) is 14.6 Å². The third-order valence-electron chi connectivity index (χ3n) is 4.71. The molecule has 0 atom stereocenters. The second kappa shape index (κ2) is 8.14. The molecule has 9 nitrogen and oxygen atoms in total. The Morgan fingerprint density at radius 3 is 2.33 bits per heavy atom. The standard InChI is InChI=1S/C20H20F3N5O4S/c1-8-13(18(31)32-5)17(33-14(8)15(24)29)26-16(30)9-6-12-25-10(19(2,3)4)7-11(20(21,22)23)28(12)27-9/h6-7H,1-5H3,(H2,24,29)(H,26,30). The minimum Gasteiger partial charge on any atom is -0.465 e. The van der Waals surface area contributed by atoms with Crippen molar-refractivity contribution in [3.05, 3.63) is 45.2 Å². The number of nitrogens with two attached hydrogens (primary N) is 1. The molecule has 2 amide bonds. The van der Waals surface area contributed by atoms with Crippen LogP contribution in [0.15, 0.2) is 12.1 Å². The van der Waals surface area contributed by atoms with Crippen molar-refractivity contribution in [2.75, 3.05) is 12.4 Å². The summed E-state index contributed by atoms with van der Waals surface area (Å²) in [7, 11) is 1.12. The van der Waals surface area contributed by atoms with Crippen LogP contribution in [0.5, 0.6) is 0 Å². The summed E-state index contributed by atoms with van der Waals surface area (Å²) in [5.74, 6) is -2.55. The molecule has 3 aromatic rings. The molecule has 0 unspecified atom stereocenters. The number of anilines is 1. The number of hydrogen-bond acceptors (Lipinski definition) is 7. The molecular weight excluding hydrogens is 463 g/mol. The van der Waals surface area contributed by atoms with Gasteiger partial charge in [0.25, 0.3) is 11.8 Å². The van der Waals surface area contributed by atoms with Crippen LogP contribution >= 0.6 is 11.3 Å². The predicted octanol–water partition coefficient (Wildman–Crippen LogP) is 3.55. The Morgan fingerprint density at radius 1 is 1.18 bits per heavy atom. The summed E-state index contributed by atoms with van der Waals surface area (Å²) >= 11 is 0.744. The molecule has 3 heterocycles. The number of amides is 2. The number of ether oxygens (including phenoxy) is 1. The summed E-state index contributed by atoms with van der Waals surface area (Å²) < 4.78 is 46.2. The van der Waals surface area contributed by atoms with Gasteiger partial charge in [-0.3, -0.25) is 9.59 Å². The fraction of sp³-hybridized carbons (Fsp3) is 0.350. The van der Waals surface area contributed by atoms with E-state index in [2.05, 4.69) is 15.4 Å². The normalized spacial score (nSPS) is 12.1. The lowest BCUT2D eigenvalue weighted by molar-refractivity contribution is -0.142. The van der Waals surface area contributed by atoms with E-state index in [1.54, 1.807) is 20.8 Å². The van der Waals surface area contributed by atoms with E-state index in [1.807, 2.05) is 0 Å². The van der Waals surface area contributed by atoms with Gasteiger partial charge in [0.05, 0.1) is 23.2 Å². The molecule has 0 saturated heterocycles. The Bertz CT molecular complexity index is 1290. The van der Waals surface area contributed by atoms with Crippen LogP contribution < -0.4 is 11.1 Å². The van der Waals surface area contributed by atoms with E-state index < -0.39 is 35.1 Å². The van der Waals surface area contributed by atoms with E-state index in [4.69, 9.17) is 10.5 Å². The molecule has 3 rings (SSSR count). The first-order chi connectivity index (χ1) is 15.1. The van der Waals surface area contributed by atoms with Crippen LogP contribution in [0.2, 0.25) is 0 Å². The summed E-state index contributed by atoms with van der Waals surface area (Å²) in [6, 6.07) is 1.99. The molecule has 3 aromatic heterocycles. The Labute approximate surface area is 189 Å². The molecule has 176 valence electrons. The first-order valence-electron chi connectivity index (χ1n) is 9.46. The van der Waals surface area contributed by atoms with Crippen molar-refractivity contribution in [2.45, 2.75) is 39.3 Å². The lowest BCUT2D eigenvalue weighted by Gasteiger charge is -2.19. The number of alkyl halides is 3. The first-order valence-corrected chi connectivity index (χ1v) is 10.3. The van der Waals surface area contributed by atoms with Gasteiger partial charge in [-0.1, -0.05) is 20.8 Å². The number of nitrogens with zero attached hydrogens (tertiary/aromatic N) is 3. The van der Waals surface area contributed by atoms with E-state index in [1.165, 1.54) is 6.92 Å². The van der Waals surface area contributed by atoms with Gasteiger partial charge in [-0.2, -0.15) is 18.3 Å². The van der Waals surface area contributed by atoms with Crippen molar-refractivity contribution < 1.29 is 32.3 Å². The van der Waals surface area contributed by atoms with Crippen molar-refractivity contribution in [3.8, 4) is 0 Å². The number of hydrogen-bond donors (Lipinski definition) is 2. The van der Waals surface area contributed by atoms with Crippen LogP contribution in [0.4, 0.5) is 18.2 Å². The van der Waals surface area contributed by atoms with Crippen LogP contribution in [0.3, 0.4) is 0 Å². The number of primary amides is 1. The number of thiophene rings is 1. The first kappa shape index (κ1) is 24.2. The maximum Gasteiger partial charge on any atom is 0.433 e. The molecule has 0 spiro atoms. The molecule has 0 radical (unpaired) electrons. The van der Waals surface area contributed by atoms with Crippen molar-refractivity contribution >= 4 is 39.8 Å². The molecule has 0 aliphatic rings. The minimum atomic E-state index is -4.75. The van der Waals surface area contributed by atoms with Gasteiger partial charge in [-0.25, -0.2) is 14.3 Å². The number of carbonyl (C=O) groups is 3. The van der Waals surface area contributed by atoms with E-state index in [0.29, 0.717) is 4.52 Å². The van der Waals surface area contributed by atoms with Crippen molar-refractivity contribution in [2.24, 2.45) is 5.73 Å². The van der Waals surface area contributed by atoms with Gasteiger partial charge in [0, 0.05) is 11.5 Å². The van der Waals surface area contributed by atoms with Crippen molar-refractivity contribution in [3.63, 3.8) is 0 Å². The van der Waals surface area contributed by atoms with Crippen LogP contribution in [0.25, 0.3) is 5.65 Å². The molecule has 33 heavy (non-hydrogen) atoms. The van der Waals surface area contributed by atoms with Crippen LogP contribution in [0, 0.1) is 6.92 Å². The van der Waals surface area contributed by atoms with Crippen LogP contribution in [0.1, 0.15) is 68.2 Å². The van der Waals surface area contributed by atoms with Crippen LogP contribution in [-0.4, -0.2) is 39.5 Å². The van der Waals surface area contributed by atoms with Gasteiger partial charge >= 0.3 is 12.1 Å². The summed E-state index contributed by atoms with van der Waals surface area (Å²) in [6.07, 6.45) is -4.75. The maximum absolute atomic E-state index is 13.7. The number of methoxy groups -OCH3 is 1. The number of halogens is 3. The Kier molecular flexibility index (Phi) is 5.96. The van der Waals surface area contributed by atoms with Gasteiger partial charge in [0.15, 0.2) is 11.3 Å². The highest BCUT2D eigenvalue weighted by Crippen LogP contribution is 2.35. The number of carbonyl (C=O) groups excluding carboxylic acids is 3. The molecule has 0 fully saturated rings. The van der Waals surface area contributed by atoms with Gasteiger partial charge in [0.1, 0.15) is 10.7 Å². The van der Waals surface area contributed by atoms with E-state index in [0.717, 1.165) is 30.6 Å². The van der Waals surface area contributed by atoms with E-state index in [-0.39, 0.29) is 38.0 Å². The molecule has 0 aromatic carbocycles. The molecule has 0 saturated carbocycles. The lowest BCUT2D eigenvalue weighted by Crippen LogP contribution is -2.20. The molecular formula is C20H20F3N5O4S. The van der Waals surface area contributed by atoms with Gasteiger partial charge in [-0.05, 0) is 18.6 Å². The molecule has 13 heteroatoms. The highest BCUT2D eigenvalue weighted by molar-refractivity contribution is 7.18. The fourth-order valence-electron chi connectivity index (χ4n) is 3.02. The van der Waals surface area contributed by atoms with Crippen molar-refractivity contribution in [1.29, 1.82) is 0 Å². The topological polar surface area (TPSA) is 129 Å². The zero-order valence-electron chi connectivity index (χ0n) is 18.2. The lowest BCUT2D eigenvalue weighted by atomic mass is 9.91. The number of fused-ring (bicyclic) bond motifs is 1. The Hall–Kier alpha value is -3.48. The number of esters is 1. The summed E-state index contributed by atoms with van der Waals surface area (Å²) in [6.45, 7) is 6.58. The smallest absolute Gasteiger partial charge is 0.433 e. The van der Waals surface area contributed by atoms with E-state index in [9.17, 15) is 27.6 Å². The highest BCUT2D eigenvalue weighted by atomic mass is 32.1. The number of rotatable bonds is 4. The molecule has 0 bridgehead atoms. The summed E-state index contributed by atoms with van der Waals surface area (Å²) in [4.78, 5) is 40.9. The number of aromatic nitrogens is 3. The van der Waals surface area contributed by atoms with E-state index >= 15 is 0 Å². The Morgan fingerprint density at radius 2 is 1.82 bits per heavy atom. The third-order valence-corrected chi connectivity index (χ3v) is 5.93. The monoisotopic (exact) mass is 483 g/mol. The largest absolute Gasteiger partial charge is 0.465 e. The predicted molar refractivity (Wildman–Crippen MR) is 114 cm³/mol. The molecule has 3 N–H and O–H groups in total. The maximum atomic E-state index is 13.7. The quantitative estimate of drug-likeness (QED) is 0.546. The molecule has 0 aliphatic heterocycles. The number of nitrogens with one attached hydrogen (secondary N) is 1. The van der Waals surface area contributed by atoms with Gasteiger partial charge in [0.2, 0.25) is 0 Å². The fourth-order valence-corrected chi connectivity index (χ4v) is 4.07. The molecule has 0 aliphatic carbocycles. The SMILES string of the molecule is COC(=O)c1c(NC(=O)c2cc3nc(C(C)(C)C)cc(C(F)(F)F)n3n2)sc(C(N)=O)c1C. The Balaban J connectivity index is 2.10. The zero-order chi connectivity index (χ0) is 24.9. The van der Waals surface area contributed by atoms with Gasteiger partial charge in [-0.15, -0.1) is 11.3 Å². The average Bonchev–Trinajstić information content (AvgIpc) is 3.26. The second-order valence-corrected chi connectivity index (χ2v) is 9.16. The average molecular weight is 483 g/mol. The highest BCUT2D eigenvalue weighted by Gasteiger charge is 2.37. The van der Waals surface area contributed by atoms with Crippen LogP contribution in [-0.2, 0) is 16.3 Å².